The quantitative estimate of drug-likeness (QED) is 0.813. The third-order valence-corrected chi connectivity index (χ3v) is 4.95. The summed E-state index contributed by atoms with van der Waals surface area (Å²) in [6.45, 7) is 2.48. The Labute approximate surface area is 147 Å². The third kappa shape index (κ3) is 3.48. The highest BCUT2D eigenvalue weighted by molar-refractivity contribution is 5.99. The van der Waals surface area contributed by atoms with Gasteiger partial charge >= 0.3 is 0 Å². The maximum atomic E-state index is 12.8. The van der Waals surface area contributed by atoms with Crippen molar-refractivity contribution in [2.24, 2.45) is 5.41 Å². The Morgan fingerprint density at radius 1 is 1.40 bits per heavy atom. The fourth-order valence-corrected chi connectivity index (χ4v) is 3.55. The Balaban J connectivity index is 1.79. The minimum atomic E-state index is -0.550. The van der Waals surface area contributed by atoms with Crippen molar-refractivity contribution in [3.8, 4) is 5.75 Å². The number of benzene rings is 1. The van der Waals surface area contributed by atoms with E-state index in [0.717, 1.165) is 25.1 Å². The first-order valence-corrected chi connectivity index (χ1v) is 8.59. The lowest BCUT2D eigenvalue weighted by molar-refractivity contribution is -0.127. The van der Waals surface area contributed by atoms with Crippen molar-refractivity contribution in [2.75, 3.05) is 50.7 Å². The number of rotatable bonds is 6. The molecule has 0 aromatic heterocycles. The van der Waals surface area contributed by atoms with Gasteiger partial charge in [-0.25, -0.2) is 0 Å². The van der Waals surface area contributed by atoms with Crippen LogP contribution >= 0.6 is 0 Å². The molecule has 136 valence electrons. The number of amides is 2. The molecule has 1 unspecified atom stereocenters. The van der Waals surface area contributed by atoms with Crippen LogP contribution < -0.4 is 20.3 Å². The van der Waals surface area contributed by atoms with E-state index < -0.39 is 5.41 Å². The molecule has 2 aliphatic heterocycles. The number of nitrogens with zero attached hydrogens (tertiary/aromatic N) is 1. The second-order valence-electron chi connectivity index (χ2n) is 6.63. The van der Waals surface area contributed by atoms with E-state index in [1.54, 1.807) is 25.2 Å². The molecule has 0 saturated carbocycles. The number of anilines is 2. The third-order valence-electron chi connectivity index (χ3n) is 4.95. The zero-order valence-corrected chi connectivity index (χ0v) is 14.8. The van der Waals surface area contributed by atoms with Crippen molar-refractivity contribution in [1.82, 2.24) is 5.32 Å². The molecule has 3 rings (SSSR count). The van der Waals surface area contributed by atoms with Crippen LogP contribution in [0.15, 0.2) is 18.2 Å². The van der Waals surface area contributed by atoms with Gasteiger partial charge in [-0.1, -0.05) is 0 Å². The first-order valence-electron chi connectivity index (χ1n) is 8.59. The lowest BCUT2D eigenvalue weighted by Gasteiger charge is -2.26. The minimum Gasteiger partial charge on any atom is -0.494 e. The van der Waals surface area contributed by atoms with E-state index >= 15 is 0 Å². The molecule has 1 aromatic carbocycles. The van der Waals surface area contributed by atoms with Gasteiger partial charge in [0.05, 0.1) is 24.8 Å². The molecule has 0 bridgehead atoms. The highest BCUT2D eigenvalue weighted by Gasteiger charge is 2.41. The summed E-state index contributed by atoms with van der Waals surface area (Å²) >= 11 is 0. The smallest absolute Gasteiger partial charge is 0.234 e. The molecule has 1 aromatic rings. The van der Waals surface area contributed by atoms with Crippen LogP contribution in [0.1, 0.15) is 19.3 Å². The van der Waals surface area contributed by atoms with E-state index in [9.17, 15) is 9.59 Å². The van der Waals surface area contributed by atoms with Crippen molar-refractivity contribution in [2.45, 2.75) is 19.3 Å². The fourth-order valence-electron chi connectivity index (χ4n) is 3.55. The zero-order valence-electron chi connectivity index (χ0n) is 14.8. The van der Waals surface area contributed by atoms with Crippen molar-refractivity contribution in [3.63, 3.8) is 0 Å². The summed E-state index contributed by atoms with van der Waals surface area (Å²) in [6, 6.07) is 5.40. The molecule has 2 amide bonds. The normalized spacial score (nSPS) is 23.1. The van der Waals surface area contributed by atoms with Gasteiger partial charge in [-0.15, -0.1) is 0 Å². The van der Waals surface area contributed by atoms with Crippen molar-refractivity contribution >= 4 is 23.2 Å². The molecule has 0 spiro atoms. The molecule has 0 aliphatic carbocycles. The van der Waals surface area contributed by atoms with Crippen LogP contribution in [0, 0.1) is 5.41 Å². The van der Waals surface area contributed by atoms with E-state index in [4.69, 9.17) is 9.47 Å². The van der Waals surface area contributed by atoms with Crippen LogP contribution in [0.25, 0.3) is 0 Å². The highest BCUT2D eigenvalue weighted by atomic mass is 16.5. The lowest BCUT2D eigenvalue weighted by atomic mass is 9.87. The predicted octanol–water partition coefficient (Wildman–Crippen LogP) is 1.39. The number of hydrogen-bond acceptors (Lipinski definition) is 5. The summed E-state index contributed by atoms with van der Waals surface area (Å²) in [5.74, 6) is 0.621. The van der Waals surface area contributed by atoms with Gasteiger partial charge in [0.1, 0.15) is 5.75 Å². The van der Waals surface area contributed by atoms with Gasteiger partial charge in [-0.2, -0.15) is 0 Å². The maximum absolute atomic E-state index is 12.8. The van der Waals surface area contributed by atoms with Gasteiger partial charge < -0.3 is 25.0 Å². The molecular formula is C18H25N3O4. The minimum absolute atomic E-state index is 0.0635. The fraction of sp³-hybridized carbons (Fsp3) is 0.556. The number of ether oxygens (including phenoxy) is 2. The molecular weight excluding hydrogens is 322 g/mol. The largest absolute Gasteiger partial charge is 0.494 e. The SMILES string of the molecule is COCC1(C(=O)Nc2ccc(N3CCCC3=O)c(OC)c2)CCNC1. The molecule has 25 heavy (non-hydrogen) atoms. The molecule has 0 radical (unpaired) electrons. The van der Waals surface area contributed by atoms with E-state index in [1.807, 2.05) is 12.1 Å². The van der Waals surface area contributed by atoms with E-state index in [-0.39, 0.29) is 11.8 Å². The number of carbonyl (C=O) groups is 2. The van der Waals surface area contributed by atoms with Crippen molar-refractivity contribution < 1.29 is 19.1 Å². The van der Waals surface area contributed by atoms with Crippen LogP contribution in [0.4, 0.5) is 11.4 Å². The predicted molar refractivity (Wildman–Crippen MR) is 95.0 cm³/mol. The average molecular weight is 347 g/mol. The summed E-state index contributed by atoms with van der Waals surface area (Å²) < 4.78 is 10.7. The number of nitrogens with one attached hydrogen (secondary N) is 2. The summed E-state index contributed by atoms with van der Waals surface area (Å²) in [7, 11) is 3.18. The summed E-state index contributed by atoms with van der Waals surface area (Å²) in [6.07, 6.45) is 2.16. The molecule has 2 saturated heterocycles. The average Bonchev–Trinajstić information content (AvgIpc) is 3.25. The van der Waals surface area contributed by atoms with E-state index in [2.05, 4.69) is 10.6 Å². The zero-order chi connectivity index (χ0) is 17.9. The van der Waals surface area contributed by atoms with Gasteiger partial charge in [0.15, 0.2) is 0 Å². The molecule has 2 aliphatic rings. The van der Waals surface area contributed by atoms with Gasteiger partial charge in [-0.05, 0) is 31.5 Å². The van der Waals surface area contributed by atoms with Crippen LogP contribution in [0.2, 0.25) is 0 Å². The van der Waals surface area contributed by atoms with Crippen LogP contribution in [-0.4, -0.2) is 52.3 Å². The summed E-state index contributed by atoms with van der Waals surface area (Å²) in [5.41, 5.74) is 0.850. The Kier molecular flexibility index (Phi) is 5.24. The lowest BCUT2D eigenvalue weighted by Crippen LogP contribution is -2.41. The van der Waals surface area contributed by atoms with Gasteiger partial charge in [0, 0.05) is 38.4 Å². The molecule has 2 fully saturated rings. The van der Waals surface area contributed by atoms with Crippen LogP contribution in [-0.2, 0) is 14.3 Å². The Bertz CT molecular complexity index is 656. The Morgan fingerprint density at radius 3 is 2.84 bits per heavy atom. The standard InChI is InChI=1S/C18H25N3O4/c1-24-12-18(7-8-19-11-18)17(23)20-13-5-6-14(15(10-13)25-2)21-9-3-4-16(21)22/h5-6,10,19H,3-4,7-9,11-12H2,1-2H3,(H,20,23). The molecule has 1 atom stereocenters. The monoisotopic (exact) mass is 347 g/mol. The Morgan fingerprint density at radius 2 is 2.24 bits per heavy atom. The summed E-state index contributed by atoms with van der Waals surface area (Å²) in [5, 5.41) is 6.20. The van der Waals surface area contributed by atoms with E-state index in [0.29, 0.717) is 37.6 Å². The van der Waals surface area contributed by atoms with Gasteiger partial charge in [0.2, 0.25) is 11.8 Å². The number of hydrogen-bond donors (Lipinski definition) is 2. The van der Waals surface area contributed by atoms with Crippen LogP contribution in [0.3, 0.4) is 0 Å². The first-order chi connectivity index (χ1) is 12.1. The van der Waals surface area contributed by atoms with E-state index in [1.165, 1.54) is 0 Å². The Hall–Kier alpha value is -2.12. The van der Waals surface area contributed by atoms with Crippen molar-refractivity contribution in [1.29, 1.82) is 0 Å². The highest BCUT2D eigenvalue weighted by Crippen LogP contribution is 2.35. The molecule has 2 N–H and O–H groups in total. The van der Waals surface area contributed by atoms with Gasteiger partial charge in [-0.3, -0.25) is 9.59 Å². The topological polar surface area (TPSA) is 79.9 Å². The van der Waals surface area contributed by atoms with Crippen LogP contribution in [0.5, 0.6) is 5.75 Å². The first kappa shape index (κ1) is 17.7. The molecule has 7 nitrogen and oxygen atoms in total. The molecule has 2 heterocycles. The second-order valence-corrected chi connectivity index (χ2v) is 6.63. The second kappa shape index (κ2) is 7.41. The summed E-state index contributed by atoms with van der Waals surface area (Å²) in [4.78, 5) is 26.5. The number of carbonyl (C=O) groups excluding carboxylic acids is 2. The maximum Gasteiger partial charge on any atom is 0.234 e. The van der Waals surface area contributed by atoms with Crippen molar-refractivity contribution in [3.05, 3.63) is 18.2 Å². The molecule has 7 heteroatoms. The number of methoxy groups -OCH3 is 2. The van der Waals surface area contributed by atoms with Gasteiger partial charge in [0.25, 0.3) is 0 Å².